The largest absolute Gasteiger partial charge is 0.394 e. The fourth-order valence-corrected chi connectivity index (χ4v) is 1.17. The van der Waals surface area contributed by atoms with Crippen molar-refractivity contribution >= 4 is 0 Å². The lowest BCUT2D eigenvalue weighted by molar-refractivity contribution is 0.0944. The van der Waals surface area contributed by atoms with Crippen molar-refractivity contribution < 1.29 is 10.2 Å². The van der Waals surface area contributed by atoms with Gasteiger partial charge in [0.15, 0.2) is 0 Å². The van der Waals surface area contributed by atoms with Gasteiger partial charge in [-0.15, -0.1) is 0 Å². The second-order valence-corrected chi connectivity index (χ2v) is 3.21. The molecule has 0 saturated carbocycles. The normalized spacial score (nSPS) is 13.1. The number of nitrogens with one attached hydrogen (secondary N) is 1. The lowest BCUT2D eigenvalue weighted by atomic mass is 10.4. The Hall–Kier alpha value is -0.910. The van der Waals surface area contributed by atoms with Gasteiger partial charge in [-0.05, 0) is 6.92 Å². The molecule has 80 valence electrons. The second-order valence-electron chi connectivity index (χ2n) is 3.21. The fourth-order valence-electron chi connectivity index (χ4n) is 1.17. The van der Waals surface area contributed by atoms with Crippen molar-refractivity contribution in [2.75, 3.05) is 19.7 Å². The monoisotopic (exact) mass is 199 g/mol. The molecular formula is C9H17N3O2. The predicted molar refractivity (Wildman–Crippen MR) is 52.9 cm³/mol. The molecule has 5 heteroatoms. The molecule has 0 aliphatic rings. The third-order valence-corrected chi connectivity index (χ3v) is 2.04. The molecular weight excluding hydrogens is 182 g/mol. The van der Waals surface area contributed by atoms with E-state index in [9.17, 15) is 0 Å². The summed E-state index contributed by atoms with van der Waals surface area (Å²) in [7, 11) is 0. The summed E-state index contributed by atoms with van der Waals surface area (Å²) in [6.45, 7) is 3.75. The van der Waals surface area contributed by atoms with Crippen LogP contribution in [0.3, 0.4) is 0 Å². The van der Waals surface area contributed by atoms with Crippen LogP contribution in [-0.2, 0) is 6.54 Å². The highest BCUT2D eigenvalue weighted by Gasteiger charge is 2.00. The van der Waals surface area contributed by atoms with E-state index >= 15 is 0 Å². The molecule has 0 amide bonds. The number of hydrogen-bond acceptors (Lipinski definition) is 4. The van der Waals surface area contributed by atoms with Crippen LogP contribution in [0.25, 0.3) is 0 Å². The van der Waals surface area contributed by atoms with Gasteiger partial charge in [0, 0.05) is 32.0 Å². The third kappa shape index (κ3) is 3.45. The summed E-state index contributed by atoms with van der Waals surface area (Å²) in [4.78, 5) is 4.09. The molecule has 1 rings (SSSR count). The van der Waals surface area contributed by atoms with Crippen molar-refractivity contribution in [3.05, 3.63) is 18.2 Å². The number of hydrogen-bond donors (Lipinski definition) is 3. The molecule has 0 aliphatic carbocycles. The average molecular weight is 199 g/mol. The Balaban J connectivity index is 2.13. The van der Waals surface area contributed by atoms with Crippen LogP contribution in [-0.4, -0.2) is 45.6 Å². The molecule has 1 aromatic rings. The fraction of sp³-hybridized carbons (Fsp3) is 0.667. The highest BCUT2D eigenvalue weighted by atomic mass is 16.3. The van der Waals surface area contributed by atoms with Crippen LogP contribution in [0.4, 0.5) is 0 Å². The van der Waals surface area contributed by atoms with E-state index in [-0.39, 0.29) is 6.61 Å². The summed E-state index contributed by atoms with van der Waals surface area (Å²) in [6.07, 6.45) is 3.01. The number of aliphatic hydroxyl groups excluding tert-OH is 2. The number of aliphatic hydroxyl groups is 2. The summed E-state index contributed by atoms with van der Waals surface area (Å²) in [5, 5.41) is 20.6. The van der Waals surface area contributed by atoms with Crippen LogP contribution >= 0.6 is 0 Å². The zero-order valence-electron chi connectivity index (χ0n) is 8.35. The maximum absolute atomic E-state index is 9.04. The zero-order valence-corrected chi connectivity index (χ0v) is 8.35. The second kappa shape index (κ2) is 5.74. The summed E-state index contributed by atoms with van der Waals surface area (Å²) in [6, 6.07) is 0. The Morgan fingerprint density at radius 1 is 1.64 bits per heavy atom. The van der Waals surface area contributed by atoms with Gasteiger partial charge >= 0.3 is 0 Å². The molecule has 0 aromatic carbocycles. The summed E-state index contributed by atoms with van der Waals surface area (Å²) >= 11 is 0. The van der Waals surface area contributed by atoms with E-state index in [0.717, 1.165) is 18.9 Å². The van der Waals surface area contributed by atoms with Gasteiger partial charge in [-0.2, -0.15) is 0 Å². The van der Waals surface area contributed by atoms with Gasteiger partial charge in [-0.25, -0.2) is 4.98 Å². The molecule has 1 heterocycles. The Bertz CT molecular complexity index is 262. The summed E-state index contributed by atoms with van der Waals surface area (Å²) in [5.41, 5.74) is 0. The van der Waals surface area contributed by atoms with E-state index in [1.807, 2.05) is 17.7 Å². The molecule has 0 radical (unpaired) electrons. The van der Waals surface area contributed by atoms with Gasteiger partial charge in [0.1, 0.15) is 5.82 Å². The maximum Gasteiger partial charge on any atom is 0.105 e. The van der Waals surface area contributed by atoms with E-state index in [1.54, 1.807) is 6.20 Å². The van der Waals surface area contributed by atoms with Crippen molar-refractivity contribution in [1.82, 2.24) is 14.9 Å². The van der Waals surface area contributed by atoms with Gasteiger partial charge in [-0.3, -0.25) is 0 Å². The quantitative estimate of drug-likeness (QED) is 0.521. The van der Waals surface area contributed by atoms with E-state index in [2.05, 4.69) is 10.3 Å². The summed E-state index contributed by atoms with van der Waals surface area (Å²) < 4.78 is 2.03. The van der Waals surface area contributed by atoms with Gasteiger partial charge in [-0.1, -0.05) is 0 Å². The van der Waals surface area contributed by atoms with Crippen molar-refractivity contribution in [1.29, 1.82) is 0 Å². The highest BCUT2D eigenvalue weighted by Crippen LogP contribution is 1.93. The molecule has 14 heavy (non-hydrogen) atoms. The molecule has 1 atom stereocenters. The number of imidazole rings is 1. The first-order valence-electron chi connectivity index (χ1n) is 4.71. The Labute approximate surface area is 83.4 Å². The molecule has 3 N–H and O–H groups in total. The zero-order chi connectivity index (χ0) is 10.4. The summed E-state index contributed by atoms with van der Waals surface area (Å²) in [5.74, 6) is 0.981. The van der Waals surface area contributed by atoms with E-state index < -0.39 is 6.10 Å². The van der Waals surface area contributed by atoms with Gasteiger partial charge in [0.05, 0.1) is 12.7 Å². The van der Waals surface area contributed by atoms with Crippen molar-refractivity contribution in [3.8, 4) is 0 Å². The first-order chi connectivity index (χ1) is 6.74. The van der Waals surface area contributed by atoms with Crippen molar-refractivity contribution in [2.45, 2.75) is 19.6 Å². The van der Waals surface area contributed by atoms with Crippen LogP contribution in [0.15, 0.2) is 12.4 Å². The molecule has 5 nitrogen and oxygen atoms in total. The predicted octanol–water partition coefficient (Wildman–Crippen LogP) is -0.866. The topological polar surface area (TPSA) is 70.3 Å². The van der Waals surface area contributed by atoms with Gasteiger partial charge in [0.25, 0.3) is 0 Å². The molecule has 0 spiro atoms. The molecule has 1 unspecified atom stereocenters. The minimum atomic E-state index is -0.668. The third-order valence-electron chi connectivity index (χ3n) is 2.04. The van der Waals surface area contributed by atoms with Crippen LogP contribution in [0, 0.1) is 6.92 Å². The van der Waals surface area contributed by atoms with Crippen LogP contribution in [0.5, 0.6) is 0 Å². The standard InChI is InChI=1S/C9H17N3O2/c1-8-11-3-5-12(8)4-2-10-6-9(14)7-13/h3,5,9-10,13-14H,2,4,6-7H2,1H3. The van der Waals surface area contributed by atoms with Crippen molar-refractivity contribution in [2.24, 2.45) is 0 Å². The maximum atomic E-state index is 9.04. The van der Waals surface area contributed by atoms with E-state index in [0.29, 0.717) is 6.54 Å². The Kier molecular flexibility index (Phi) is 4.58. The number of aromatic nitrogens is 2. The van der Waals surface area contributed by atoms with Crippen LogP contribution in [0.2, 0.25) is 0 Å². The average Bonchev–Trinajstić information content (AvgIpc) is 2.58. The number of nitrogens with zero attached hydrogens (tertiary/aromatic N) is 2. The van der Waals surface area contributed by atoms with E-state index in [1.165, 1.54) is 0 Å². The minimum absolute atomic E-state index is 0.197. The Morgan fingerprint density at radius 2 is 2.43 bits per heavy atom. The van der Waals surface area contributed by atoms with Crippen molar-refractivity contribution in [3.63, 3.8) is 0 Å². The highest BCUT2D eigenvalue weighted by molar-refractivity contribution is 4.88. The lowest BCUT2D eigenvalue weighted by Crippen LogP contribution is -2.31. The SMILES string of the molecule is Cc1nccn1CCNCC(O)CO. The first kappa shape index (κ1) is 11.2. The molecule has 1 aromatic heterocycles. The van der Waals surface area contributed by atoms with Gasteiger partial charge < -0.3 is 20.1 Å². The van der Waals surface area contributed by atoms with Crippen LogP contribution < -0.4 is 5.32 Å². The molecule has 0 aliphatic heterocycles. The molecule has 0 fully saturated rings. The van der Waals surface area contributed by atoms with Crippen LogP contribution in [0.1, 0.15) is 5.82 Å². The Morgan fingerprint density at radius 3 is 3.00 bits per heavy atom. The smallest absolute Gasteiger partial charge is 0.105 e. The lowest BCUT2D eigenvalue weighted by Gasteiger charge is -2.09. The first-order valence-corrected chi connectivity index (χ1v) is 4.71. The minimum Gasteiger partial charge on any atom is -0.394 e. The molecule has 0 bridgehead atoms. The van der Waals surface area contributed by atoms with Gasteiger partial charge in [0.2, 0.25) is 0 Å². The number of aryl methyl sites for hydroxylation is 1. The number of rotatable bonds is 6. The van der Waals surface area contributed by atoms with E-state index in [4.69, 9.17) is 10.2 Å². The molecule has 0 saturated heterocycles.